The van der Waals surface area contributed by atoms with Gasteiger partial charge in [0.25, 0.3) is 0 Å². The molecule has 0 aliphatic heterocycles. The summed E-state index contributed by atoms with van der Waals surface area (Å²) in [5, 5.41) is 0.820. The van der Waals surface area contributed by atoms with Gasteiger partial charge < -0.3 is 0 Å². The summed E-state index contributed by atoms with van der Waals surface area (Å²) in [7, 11) is 0. The highest BCUT2D eigenvalue weighted by Gasteiger charge is 2.36. The molecule has 0 saturated heterocycles. The van der Waals surface area contributed by atoms with Gasteiger partial charge in [-0.15, -0.1) is 0 Å². The lowest BCUT2D eigenvalue weighted by atomic mass is 9.67. The second-order valence-corrected chi connectivity index (χ2v) is 7.29. The number of halogens is 1. The average molecular weight is 349 g/mol. The van der Waals surface area contributed by atoms with Crippen LogP contribution in [0.2, 0.25) is 5.02 Å². The van der Waals surface area contributed by atoms with Gasteiger partial charge in [0.2, 0.25) is 0 Å². The Morgan fingerprint density at radius 2 is 1.32 bits per heavy atom. The van der Waals surface area contributed by atoms with Crippen LogP contribution in [0.15, 0.2) is 78.9 Å². The van der Waals surface area contributed by atoms with Crippen LogP contribution in [0.3, 0.4) is 0 Å². The molecule has 0 heterocycles. The monoisotopic (exact) mass is 348 g/mol. The van der Waals surface area contributed by atoms with E-state index in [9.17, 15) is 0 Å². The summed E-state index contributed by atoms with van der Waals surface area (Å²) in [6, 6.07) is 28.0. The van der Waals surface area contributed by atoms with Gasteiger partial charge in [0.05, 0.1) is 0 Å². The lowest BCUT2D eigenvalue weighted by molar-refractivity contribution is 0.593. The summed E-state index contributed by atoms with van der Waals surface area (Å²) in [4.78, 5) is 0. The van der Waals surface area contributed by atoms with Crippen LogP contribution in [0.1, 0.15) is 55.4 Å². The van der Waals surface area contributed by atoms with E-state index in [1.807, 2.05) is 12.1 Å². The molecule has 25 heavy (non-hydrogen) atoms. The first-order valence-corrected chi connectivity index (χ1v) is 9.38. The van der Waals surface area contributed by atoms with Gasteiger partial charge in [-0.2, -0.15) is 0 Å². The SMILES string of the molecule is CCC(c1ccccc1)(c1ccc(C(C)C)cc1)c1ccccc1Cl. The summed E-state index contributed by atoms with van der Waals surface area (Å²) in [5.41, 5.74) is 4.86. The van der Waals surface area contributed by atoms with E-state index in [2.05, 4.69) is 87.5 Å². The number of hydrogen-bond donors (Lipinski definition) is 0. The molecular formula is C24H25Cl. The number of hydrogen-bond acceptors (Lipinski definition) is 0. The first-order chi connectivity index (χ1) is 12.1. The molecular weight excluding hydrogens is 324 g/mol. The van der Waals surface area contributed by atoms with Crippen molar-refractivity contribution < 1.29 is 0 Å². The molecule has 1 atom stereocenters. The highest BCUT2D eigenvalue weighted by atomic mass is 35.5. The second kappa shape index (κ2) is 7.45. The van der Waals surface area contributed by atoms with E-state index in [1.54, 1.807) is 0 Å². The minimum absolute atomic E-state index is 0.241. The average Bonchev–Trinajstić information content (AvgIpc) is 2.65. The second-order valence-electron chi connectivity index (χ2n) is 6.88. The van der Waals surface area contributed by atoms with Crippen molar-refractivity contribution in [2.24, 2.45) is 0 Å². The van der Waals surface area contributed by atoms with E-state index in [0.29, 0.717) is 5.92 Å². The lowest BCUT2D eigenvalue weighted by Crippen LogP contribution is -2.29. The fraction of sp³-hybridized carbons (Fsp3) is 0.250. The van der Waals surface area contributed by atoms with E-state index in [1.165, 1.54) is 22.3 Å². The zero-order valence-electron chi connectivity index (χ0n) is 15.2. The van der Waals surface area contributed by atoms with Gasteiger partial charge in [-0.05, 0) is 40.7 Å². The Kier molecular flexibility index (Phi) is 5.30. The summed E-state index contributed by atoms with van der Waals surface area (Å²) in [5.74, 6) is 0.530. The molecule has 0 saturated carbocycles. The van der Waals surface area contributed by atoms with E-state index in [-0.39, 0.29) is 5.41 Å². The molecule has 3 aromatic rings. The van der Waals surface area contributed by atoms with Gasteiger partial charge in [0.15, 0.2) is 0 Å². The van der Waals surface area contributed by atoms with Crippen LogP contribution in [0.5, 0.6) is 0 Å². The third-order valence-corrected chi connectivity index (χ3v) is 5.53. The molecule has 0 nitrogen and oxygen atoms in total. The Balaban J connectivity index is 2.27. The molecule has 0 aliphatic rings. The molecule has 0 radical (unpaired) electrons. The molecule has 0 aromatic heterocycles. The van der Waals surface area contributed by atoms with Gasteiger partial charge in [-0.1, -0.05) is 105 Å². The van der Waals surface area contributed by atoms with Crippen LogP contribution in [0.25, 0.3) is 0 Å². The van der Waals surface area contributed by atoms with Crippen molar-refractivity contribution in [2.45, 2.75) is 38.5 Å². The van der Waals surface area contributed by atoms with Crippen molar-refractivity contribution in [3.8, 4) is 0 Å². The summed E-state index contributed by atoms with van der Waals surface area (Å²) in [6.07, 6.45) is 0.946. The maximum Gasteiger partial charge on any atom is 0.0463 e. The molecule has 1 unspecified atom stereocenters. The molecule has 128 valence electrons. The fourth-order valence-electron chi connectivity index (χ4n) is 3.76. The van der Waals surface area contributed by atoms with Crippen molar-refractivity contribution in [3.63, 3.8) is 0 Å². The largest absolute Gasteiger partial charge is 0.0840 e. The molecule has 0 N–H and O–H groups in total. The zero-order chi connectivity index (χ0) is 17.9. The van der Waals surface area contributed by atoms with Crippen molar-refractivity contribution in [2.75, 3.05) is 0 Å². The highest BCUT2D eigenvalue weighted by molar-refractivity contribution is 6.31. The molecule has 0 bridgehead atoms. The third kappa shape index (κ3) is 3.24. The van der Waals surface area contributed by atoms with Crippen LogP contribution >= 0.6 is 11.6 Å². The lowest BCUT2D eigenvalue weighted by Gasteiger charge is -2.36. The molecule has 1 heteroatoms. The molecule has 0 amide bonds. The summed E-state index contributed by atoms with van der Waals surface area (Å²) in [6.45, 7) is 6.70. The van der Waals surface area contributed by atoms with E-state index >= 15 is 0 Å². The quantitative estimate of drug-likeness (QED) is 0.427. The maximum absolute atomic E-state index is 6.67. The Labute approximate surface area is 156 Å². The first kappa shape index (κ1) is 17.8. The molecule has 0 aliphatic carbocycles. The van der Waals surface area contributed by atoms with Crippen LogP contribution in [-0.4, -0.2) is 0 Å². The highest BCUT2D eigenvalue weighted by Crippen LogP contribution is 2.44. The topological polar surface area (TPSA) is 0 Å². The minimum atomic E-state index is -0.241. The molecule has 3 rings (SSSR count). The molecule has 0 spiro atoms. The van der Waals surface area contributed by atoms with Crippen molar-refractivity contribution >= 4 is 11.6 Å². The number of rotatable bonds is 5. The predicted octanol–water partition coefficient (Wildman–Crippen LogP) is 7.21. The number of benzene rings is 3. The van der Waals surface area contributed by atoms with Gasteiger partial charge in [0, 0.05) is 10.4 Å². The first-order valence-electron chi connectivity index (χ1n) is 9.00. The Hall–Kier alpha value is -2.05. The summed E-state index contributed by atoms with van der Waals surface area (Å²) >= 11 is 6.67. The van der Waals surface area contributed by atoms with Crippen LogP contribution in [-0.2, 0) is 5.41 Å². The molecule has 0 fully saturated rings. The van der Waals surface area contributed by atoms with Gasteiger partial charge in [-0.25, -0.2) is 0 Å². The zero-order valence-corrected chi connectivity index (χ0v) is 15.9. The van der Waals surface area contributed by atoms with Crippen molar-refractivity contribution in [1.82, 2.24) is 0 Å². The van der Waals surface area contributed by atoms with Gasteiger partial charge in [0.1, 0.15) is 0 Å². The Bertz CT molecular complexity index is 818. The Morgan fingerprint density at radius 3 is 1.88 bits per heavy atom. The van der Waals surface area contributed by atoms with Crippen molar-refractivity contribution in [3.05, 3.63) is 106 Å². The minimum Gasteiger partial charge on any atom is -0.0840 e. The molecule has 3 aromatic carbocycles. The van der Waals surface area contributed by atoms with E-state index in [4.69, 9.17) is 11.6 Å². The van der Waals surface area contributed by atoms with Crippen molar-refractivity contribution in [1.29, 1.82) is 0 Å². The standard InChI is InChI=1S/C24H25Cl/c1-4-24(20-10-6-5-7-11-20,22-12-8-9-13-23(22)25)21-16-14-19(15-17-21)18(2)3/h5-18H,4H2,1-3H3. The van der Waals surface area contributed by atoms with E-state index in [0.717, 1.165) is 11.4 Å². The Morgan fingerprint density at radius 1 is 0.760 bits per heavy atom. The maximum atomic E-state index is 6.67. The third-order valence-electron chi connectivity index (χ3n) is 5.20. The van der Waals surface area contributed by atoms with Crippen LogP contribution < -0.4 is 0 Å². The smallest absolute Gasteiger partial charge is 0.0463 e. The fourth-order valence-corrected chi connectivity index (χ4v) is 4.06. The normalized spacial score (nSPS) is 13.6. The predicted molar refractivity (Wildman–Crippen MR) is 109 cm³/mol. The summed E-state index contributed by atoms with van der Waals surface area (Å²) < 4.78 is 0. The van der Waals surface area contributed by atoms with Gasteiger partial charge >= 0.3 is 0 Å². The van der Waals surface area contributed by atoms with Gasteiger partial charge in [-0.3, -0.25) is 0 Å². The van der Waals surface area contributed by atoms with E-state index < -0.39 is 0 Å². The van der Waals surface area contributed by atoms with Crippen LogP contribution in [0.4, 0.5) is 0 Å². The van der Waals surface area contributed by atoms with Crippen LogP contribution in [0, 0.1) is 0 Å².